The summed E-state index contributed by atoms with van der Waals surface area (Å²) >= 11 is 0. The van der Waals surface area contributed by atoms with Gasteiger partial charge in [0.25, 0.3) is 5.91 Å². The number of methoxy groups -OCH3 is 2. The molecular weight excluding hydrogens is 548 g/mol. The summed E-state index contributed by atoms with van der Waals surface area (Å²) in [6.07, 6.45) is 3.29. The van der Waals surface area contributed by atoms with E-state index in [1.807, 2.05) is 13.8 Å². The molecule has 2 saturated carbocycles. The minimum Gasteiger partial charge on any atom is -0.425 e. The highest BCUT2D eigenvalue weighted by Crippen LogP contribution is 2.33. The fourth-order valence-electron chi connectivity index (χ4n) is 6.02. The largest absolute Gasteiger partial charge is 0.509 e. The van der Waals surface area contributed by atoms with Gasteiger partial charge in [-0.05, 0) is 51.4 Å². The fourth-order valence-corrected chi connectivity index (χ4v) is 6.02. The van der Waals surface area contributed by atoms with Crippen molar-refractivity contribution in [1.29, 1.82) is 0 Å². The third-order valence-corrected chi connectivity index (χ3v) is 8.41. The first-order valence-corrected chi connectivity index (χ1v) is 15.1. The summed E-state index contributed by atoms with van der Waals surface area (Å²) in [5.41, 5.74) is 0. The van der Waals surface area contributed by atoms with Crippen LogP contribution in [-0.4, -0.2) is 134 Å². The summed E-state index contributed by atoms with van der Waals surface area (Å²) in [6, 6.07) is -1.24. The number of nitrogens with one attached hydrogen (secondary N) is 1. The summed E-state index contributed by atoms with van der Waals surface area (Å²) in [4.78, 5) is 23.1. The van der Waals surface area contributed by atoms with Gasteiger partial charge >= 0.3 is 6.16 Å². The molecule has 0 bridgehead atoms. The van der Waals surface area contributed by atoms with E-state index >= 15 is 0 Å². The van der Waals surface area contributed by atoms with Crippen LogP contribution in [0.4, 0.5) is 4.79 Å². The van der Waals surface area contributed by atoms with Crippen LogP contribution in [0.2, 0.25) is 0 Å². The molecule has 0 spiro atoms. The van der Waals surface area contributed by atoms with Gasteiger partial charge in [-0.1, -0.05) is 13.8 Å². The van der Waals surface area contributed by atoms with Crippen molar-refractivity contribution in [3.05, 3.63) is 0 Å². The maximum absolute atomic E-state index is 11.9. The number of amides is 1. The summed E-state index contributed by atoms with van der Waals surface area (Å²) in [5, 5.41) is 12.4. The van der Waals surface area contributed by atoms with E-state index in [1.54, 1.807) is 14.2 Å². The van der Waals surface area contributed by atoms with Gasteiger partial charge in [-0.25, -0.2) is 4.79 Å². The zero-order chi connectivity index (χ0) is 30.8. The average molecular weight is 595 g/mol. The Hall–Kier alpha value is -1.41. The Morgan fingerprint density at radius 3 is 1.81 bits per heavy atom. The highest BCUT2D eigenvalue weighted by molar-refractivity contribution is 6.12. The molecular formula is C28H47B2NO11. The molecule has 4 aliphatic rings. The van der Waals surface area contributed by atoms with Gasteiger partial charge < -0.3 is 48.3 Å². The normalized spacial score (nSPS) is 39.5. The van der Waals surface area contributed by atoms with Gasteiger partial charge in [0, 0.05) is 33.3 Å². The minimum absolute atomic E-state index is 0.00581. The molecule has 2 unspecified atom stereocenters. The third kappa shape index (κ3) is 9.06. The highest BCUT2D eigenvalue weighted by Gasteiger charge is 2.47. The van der Waals surface area contributed by atoms with Gasteiger partial charge in [-0.3, -0.25) is 4.79 Å². The van der Waals surface area contributed by atoms with Crippen LogP contribution in [0.15, 0.2) is 0 Å². The molecule has 12 atom stereocenters. The fraction of sp³-hybridized carbons (Fsp3) is 0.929. The van der Waals surface area contributed by atoms with E-state index in [1.165, 1.54) is 7.05 Å². The van der Waals surface area contributed by atoms with Crippen molar-refractivity contribution in [2.24, 2.45) is 0 Å². The molecule has 0 aromatic carbocycles. The molecule has 2 N–H and O–H groups in total. The third-order valence-electron chi connectivity index (χ3n) is 8.41. The number of aliphatic hydroxyl groups is 1. The van der Waals surface area contributed by atoms with E-state index in [4.69, 9.17) is 53.6 Å². The Bertz CT molecular complexity index is 842. The number of hydrogen-bond donors (Lipinski definition) is 2. The topological polar surface area (TPSA) is 140 Å². The van der Waals surface area contributed by atoms with Crippen molar-refractivity contribution in [3.8, 4) is 0 Å². The van der Waals surface area contributed by atoms with Crippen LogP contribution < -0.4 is 5.32 Å². The van der Waals surface area contributed by atoms with Crippen molar-refractivity contribution in [2.45, 2.75) is 138 Å². The van der Waals surface area contributed by atoms with E-state index in [-0.39, 0.29) is 30.5 Å². The van der Waals surface area contributed by atoms with Gasteiger partial charge in [-0.15, -0.1) is 0 Å². The predicted octanol–water partition coefficient (Wildman–Crippen LogP) is 1.11. The van der Waals surface area contributed by atoms with E-state index in [0.717, 1.165) is 44.9 Å². The summed E-state index contributed by atoms with van der Waals surface area (Å²) in [7, 11) is 16.7. The van der Waals surface area contributed by atoms with Crippen molar-refractivity contribution in [3.63, 3.8) is 0 Å². The zero-order valence-corrected chi connectivity index (χ0v) is 25.5. The minimum atomic E-state index is -0.951. The van der Waals surface area contributed by atoms with Crippen LogP contribution >= 0.6 is 0 Å². The predicted molar refractivity (Wildman–Crippen MR) is 152 cm³/mol. The maximum Gasteiger partial charge on any atom is 0.509 e. The lowest BCUT2D eigenvalue weighted by Gasteiger charge is -2.28. The molecule has 14 heteroatoms. The lowest BCUT2D eigenvalue weighted by atomic mass is 9.92. The summed E-state index contributed by atoms with van der Waals surface area (Å²) in [6.45, 7) is 3.46. The van der Waals surface area contributed by atoms with Crippen LogP contribution in [0.5, 0.6) is 0 Å². The molecule has 1 amide bonds. The van der Waals surface area contributed by atoms with Gasteiger partial charge in [0.15, 0.2) is 12.7 Å². The smallest absolute Gasteiger partial charge is 0.425 e. The lowest BCUT2D eigenvalue weighted by molar-refractivity contribution is -0.127. The number of rotatable bonds is 11. The Labute approximate surface area is 251 Å². The molecule has 236 valence electrons. The quantitative estimate of drug-likeness (QED) is 0.262. The molecule has 0 aromatic heterocycles. The van der Waals surface area contributed by atoms with Gasteiger partial charge in [0.05, 0.1) is 36.6 Å². The van der Waals surface area contributed by atoms with Crippen molar-refractivity contribution in [2.75, 3.05) is 27.9 Å². The van der Waals surface area contributed by atoms with Gasteiger partial charge in [0.2, 0.25) is 0 Å². The van der Waals surface area contributed by atoms with Gasteiger partial charge in [0.1, 0.15) is 34.0 Å². The van der Waals surface area contributed by atoms with Crippen LogP contribution in [0.3, 0.4) is 0 Å². The lowest BCUT2D eigenvalue weighted by Crippen LogP contribution is -2.43. The molecule has 0 aromatic rings. The maximum atomic E-state index is 11.9. The molecule has 4 rings (SSSR count). The van der Waals surface area contributed by atoms with E-state index < -0.39 is 61.2 Å². The van der Waals surface area contributed by atoms with Crippen molar-refractivity contribution < 1.29 is 52.6 Å². The average Bonchev–Trinajstić information content (AvgIpc) is 3.76. The number of hydrogen-bond acceptors (Lipinski definition) is 11. The number of likely N-dealkylation sites (N-methyl/N-ethyl adjacent to an activating group) is 1. The van der Waals surface area contributed by atoms with Crippen LogP contribution in [0, 0.1) is 0 Å². The SMILES string of the molecule is [B][C@@H]1O[C@H](CC)C(O)[C@@H]1O[C@@H]1CCC[C@H]1OC.[B][C@@H]1O[C@H](CC)C(OC(=O)OCC(=O)NC)[C@@H]1O[C@@H]1CCC[C@H]1OC. The first kappa shape index (κ1) is 35.1. The molecule has 2 aliphatic heterocycles. The monoisotopic (exact) mass is 595 g/mol. The Balaban J connectivity index is 0.000000247. The Kier molecular flexibility index (Phi) is 14.3. The summed E-state index contributed by atoms with van der Waals surface area (Å²) in [5.74, 6) is -0.426. The molecule has 4 radical (unpaired) electrons. The highest BCUT2D eigenvalue weighted by atomic mass is 16.7. The molecule has 2 aliphatic carbocycles. The number of carbonyl (C=O) groups is 2. The number of carbonyl (C=O) groups excluding carboxylic acids is 2. The Morgan fingerprint density at radius 1 is 0.810 bits per heavy atom. The van der Waals surface area contributed by atoms with Crippen LogP contribution in [0.1, 0.15) is 65.2 Å². The van der Waals surface area contributed by atoms with Gasteiger partial charge in [-0.2, -0.15) is 0 Å². The van der Waals surface area contributed by atoms with Crippen molar-refractivity contribution >= 4 is 27.8 Å². The van der Waals surface area contributed by atoms with E-state index in [9.17, 15) is 14.7 Å². The van der Waals surface area contributed by atoms with Crippen molar-refractivity contribution in [1.82, 2.24) is 5.32 Å². The van der Waals surface area contributed by atoms with E-state index in [2.05, 4.69) is 5.32 Å². The van der Waals surface area contributed by atoms with Crippen LogP contribution in [0.25, 0.3) is 0 Å². The number of aliphatic hydroxyl groups excluding tert-OH is 1. The first-order chi connectivity index (χ1) is 20.2. The standard InChI is InChI=1S/C16H26BNO7.C12H21BO4/c1-4-9-13(25-16(20)22-8-12(19)18-2)14(15(17)24-9)23-11-7-5-6-10(11)21-3;1-3-7-10(14)11(12(13)17-7)16-9-6-4-5-8(9)15-2/h9-11,13-15H,4-8H2,1-3H3,(H,18,19);7-12,14H,3-6H2,1-2H3/t9-,10-,11-,13?,14+,15-;7-,8-,9-,10?,11+,12-/m11/s1. The second-order valence-electron chi connectivity index (χ2n) is 11.1. The van der Waals surface area contributed by atoms with Crippen LogP contribution in [-0.2, 0) is 42.7 Å². The second-order valence-corrected chi connectivity index (χ2v) is 11.1. The summed E-state index contributed by atoms with van der Waals surface area (Å²) < 4.78 is 44.1. The Morgan fingerprint density at radius 2 is 1.31 bits per heavy atom. The first-order valence-electron chi connectivity index (χ1n) is 15.1. The van der Waals surface area contributed by atoms with E-state index in [0.29, 0.717) is 6.42 Å². The number of ether oxygens (including phenoxy) is 8. The molecule has 2 heterocycles. The zero-order valence-electron chi connectivity index (χ0n) is 25.5. The molecule has 2 saturated heterocycles. The second kappa shape index (κ2) is 17.2. The molecule has 4 fully saturated rings. The molecule has 42 heavy (non-hydrogen) atoms. The molecule has 12 nitrogen and oxygen atoms in total.